The number of ether oxygens (including phenoxy) is 2. The van der Waals surface area contributed by atoms with E-state index in [4.69, 9.17) is 9.47 Å². The fraction of sp³-hybridized carbons (Fsp3) is 0.320. The lowest BCUT2D eigenvalue weighted by atomic mass is 10.1. The van der Waals surface area contributed by atoms with Gasteiger partial charge in [0.05, 0.1) is 17.2 Å². The fourth-order valence-electron chi connectivity index (χ4n) is 3.67. The van der Waals surface area contributed by atoms with Crippen LogP contribution in [0.3, 0.4) is 0 Å². The second-order valence-corrected chi connectivity index (χ2v) is 11.4. The Kier molecular flexibility index (Phi) is 7.35. The Morgan fingerprint density at radius 3 is 2.48 bits per heavy atom. The zero-order valence-corrected chi connectivity index (χ0v) is 20.2. The van der Waals surface area contributed by atoms with E-state index >= 15 is 0 Å². The summed E-state index contributed by atoms with van der Waals surface area (Å²) < 4.78 is 36.8. The van der Waals surface area contributed by atoms with Crippen LogP contribution in [-0.4, -0.2) is 44.7 Å². The number of fused-ring (bicyclic) bond motifs is 1. The van der Waals surface area contributed by atoms with Crippen molar-refractivity contribution < 1.29 is 22.7 Å². The van der Waals surface area contributed by atoms with Gasteiger partial charge >= 0.3 is 0 Å². The summed E-state index contributed by atoms with van der Waals surface area (Å²) in [6, 6.07) is 18.6. The van der Waals surface area contributed by atoms with E-state index in [1.807, 2.05) is 49.4 Å². The van der Waals surface area contributed by atoms with Crippen molar-refractivity contribution in [3.05, 3.63) is 76.0 Å². The van der Waals surface area contributed by atoms with Crippen molar-refractivity contribution in [3.63, 3.8) is 0 Å². The van der Waals surface area contributed by atoms with E-state index in [9.17, 15) is 13.2 Å². The zero-order valence-electron chi connectivity index (χ0n) is 18.5. The van der Waals surface area contributed by atoms with Crippen LogP contribution in [0, 0.1) is 6.92 Å². The summed E-state index contributed by atoms with van der Waals surface area (Å²) in [6.45, 7) is 3.87. The van der Waals surface area contributed by atoms with Gasteiger partial charge < -0.3 is 14.4 Å². The van der Waals surface area contributed by atoms with E-state index in [1.54, 1.807) is 22.3 Å². The largest absolute Gasteiger partial charge is 0.486 e. The van der Waals surface area contributed by atoms with Crippen LogP contribution < -0.4 is 9.47 Å². The van der Waals surface area contributed by atoms with Crippen molar-refractivity contribution >= 4 is 27.1 Å². The molecule has 0 radical (unpaired) electrons. The van der Waals surface area contributed by atoms with Crippen molar-refractivity contribution in [2.24, 2.45) is 0 Å². The second kappa shape index (κ2) is 10.4. The molecule has 8 heteroatoms. The molecule has 33 heavy (non-hydrogen) atoms. The average Bonchev–Trinajstić information content (AvgIpc) is 3.25. The van der Waals surface area contributed by atoms with Gasteiger partial charge in [-0.05, 0) is 43.2 Å². The van der Waals surface area contributed by atoms with E-state index in [2.05, 4.69) is 0 Å². The van der Waals surface area contributed by atoms with E-state index in [1.165, 1.54) is 17.0 Å². The van der Waals surface area contributed by atoms with Gasteiger partial charge in [0, 0.05) is 28.8 Å². The molecular formula is C25H27NO5S2. The van der Waals surface area contributed by atoms with Gasteiger partial charge in [0.25, 0.3) is 0 Å². The third-order valence-electron chi connectivity index (χ3n) is 5.47. The third-order valence-corrected chi connectivity index (χ3v) is 8.17. The highest BCUT2D eigenvalue weighted by atomic mass is 32.2. The Morgan fingerprint density at radius 2 is 1.76 bits per heavy atom. The average molecular weight is 486 g/mol. The first-order valence-electron chi connectivity index (χ1n) is 10.9. The summed E-state index contributed by atoms with van der Waals surface area (Å²) >= 11 is 1.65. The van der Waals surface area contributed by atoms with Crippen LogP contribution >= 0.6 is 11.3 Å². The van der Waals surface area contributed by atoms with Crippen LogP contribution in [0.4, 0.5) is 0 Å². The summed E-state index contributed by atoms with van der Waals surface area (Å²) in [5, 5.41) is 0. The van der Waals surface area contributed by atoms with E-state index < -0.39 is 9.84 Å². The normalized spacial score (nSPS) is 13.0. The van der Waals surface area contributed by atoms with Gasteiger partial charge in [-0.15, -0.1) is 11.3 Å². The molecule has 0 unspecified atom stereocenters. The standard InChI is InChI=1S/C25H27NO5S2/c1-19-7-8-21(32-19)18-26(13-11-20-5-3-2-4-6-20)25(27)12-16-33(28,29)22-9-10-23-24(17-22)31-15-14-30-23/h2-10,17H,11-16,18H2,1H3. The monoisotopic (exact) mass is 485 g/mol. The molecule has 0 fully saturated rings. The topological polar surface area (TPSA) is 72.9 Å². The first kappa shape index (κ1) is 23.3. The fourth-order valence-corrected chi connectivity index (χ4v) is 5.82. The number of sulfone groups is 1. The summed E-state index contributed by atoms with van der Waals surface area (Å²) in [5.41, 5.74) is 1.14. The SMILES string of the molecule is Cc1ccc(CN(CCc2ccccc2)C(=O)CCS(=O)(=O)c2ccc3c(c2)OCCO3)s1. The summed E-state index contributed by atoms with van der Waals surface area (Å²) in [5.74, 6) is 0.537. The van der Waals surface area contributed by atoms with Crippen molar-refractivity contribution in [1.29, 1.82) is 0 Å². The van der Waals surface area contributed by atoms with Gasteiger partial charge in [-0.25, -0.2) is 8.42 Å². The molecule has 0 bridgehead atoms. The van der Waals surface area contributed by atoms with Crippen molar-refractivity contribution in [2.45, 2.75) is 31.2 Å². The number of aryl methyl sites for hydroxylation is 1. The molecule has 1 aliphatic rings. The minimum absolute atomic E-state index is 0.0735. The van der Waals surface area contributed by atoms with Gasteiger partial charge in [-0.1, -0.05) is 30.3 Å². The van der Waals surface area contributed by atoms with Crippen LogP contribution in [0.1, 0.15) is 21.7 Å². The van der Waals surface area contributed by atoms with Gasteiger partial charge in [-0.2, -0.15) is 0 Å². The Balaban J connectivity index is 1.43. The number of hydrogen-bond donors (Lipinski definition) is 0. The van der Waals surface area contributed by atoms with E-state index in [0.29, 0.717) is 44.2 Å². The van der Waals surface area contributed by atoms with Crippen molar-refractivity contribution in [2.75, 3.05) is 25.5 Å². The third kappa shape index (κ3) is 6.15. The van der Waals surface area contributed by atoms with Gasteiger partial charge in [0.2, 0.25) is 5.91 Å². The van der Waals surface area contributed by atoms with Gasteiger partial charge in [0.1, 0.15) is 13.2 Å². The number of carbonyl (C=O) groups is 1. The molecule has 4 rings (SSSR count). The molecule has 3 aromatic rings. The first-order valence-corrected chi connectivity index (χ1v) is 13.4. The minimum Gasteiger partial charge on any atom is -0.486 e. The zero-order chi connectivity index (χ0) is 23.3. The maximum atomic E-state index is 13.1. The Hall–Kier alpha value is -2.84. The molecule has 1 aromatic heterocycles. The predicted molar refractivity (Wildman–Crippen MR) is 129 cm³/mol. The van der Waals surface area contributed by atoms with Gasteiger partial charge in [-0.3, -0.25) is 4.79 Å². The lowest BCUT2D eigenvalue weighted by molar-refractivity contribution is -0.131. The summed E-state index contributed by atoms with van der Waals surface area (Å²) in [6.07, 6.45) is 0.641. The quantitative estimate of drug-likeness (QED) is 0.453. The number of benzene rings is 2. The number of rotatable bonds is 9. The number of hydrogen-bond acceptors (Lipinski definition) is 6. The highest BCUT2D eigenvalue weighted by Crippen LogP contribution is 2.32. The maximum absolute atomic E-state index is 13.1. The molecule has 174 valence electrons. The number of carbonyl (C=O) groups excluding carboxylic acids is 1. The first-order chi connectivity index (χ1) is 15.9. The molecule has 0 saturated heterocycles. The predicted octanol–water partition coefficient (Wildman–Crippen LogP) is 4.26. The highest BCUT2D eigenvalue weighted by molar-refractivity contribution is 7.91. The van der Waals surface area contributed by atoms with Crippen molar-refractivity contribution in [1.82, 2.24) is 4.90 Å². The lowest BCUT2D eigenvalue weighted by Crippen LogP contribution is -2.33. The molecule has 0 spiro atoms. The van der Waals surface area contributed by atoms with Crippen LogP contribution in [0.25, 0.3) is 0 Å². The lowest BCUT2D eigenvalue weighted by Gasteiger charge is -2.22. The molecule has 2 aromatic carbocycles. The molecule has 2 heterocycles. The highest BCUT2D eigenvalue weighted by Gasteiger charge is 2.23. The Morgan fingerprint density at radius 1 is 1.00 bits per heavy atom. The molecule has 0 atom stereocenters. The Bertz CT molecular complexity index is 1200. The van der Waals surface area contributed by atoms with E-state index in [0.717, 1.165) is 10.4 Å². The van der Waals surface area contributed by atoms with Crippen LogP contribution in [0.15, 0.2) is 65.6 Å². The summed E-state index contributed by atoms with van der Waals surface area (Å²) in [7, 11) is -3.64. The van der Waals surface area contributed by atoms with Crippen LogP contribution in [0.5, 0.6) is 11.5 Å². The minimum atomic E-state index is -3.64. The molecule has 0 N–H and O–H groups in total. The number of thiophene rings is 1. The molecule has 1 aliphatic heterocycles. The Labute approximate surface area is 198 Å². The number of nitrogens with zero attached hydrogens (tertiary/aromatic N) is 1. The van der Waals surface area contributed by atoms with E-state index in [-0.39, 0.29) is 23.0 Å². The van der Waals surface area contributed by atoms with Crippen LogP contribution in [-0.2, 0) is 27.6 Å². The molecule has 1 amide bonds. The van der Waals surface area contributed by atoms with Crippen molar-refractivity contribution in [3.8, 4) is 11.5 Å². The summed E-state index contributed by atoms with van der Waals surface area (Å²) in [4.78, 5) is 17.3. The molecule has 0 saturated carbocycles. The maximum Gasteiger partial charge on any atom is 0.223 e. The van der Waals surface area contributed by atoms with Crippen LogP contribution in [0.2, 0.25) is 0 Å². The second-order valence-electron chi connectivity index (χ2n) is 7.94. The smallest absolute Gasteiger partial charge is 0.223 e. The molecule has 0 aliphatic carbocycles. The van der Waals surface area contributed by atoms with Gasteiger partial charge in [0.15, 0.2) is 21.3 Å². The number of amides is 1. The molecule has 6 nitrogen and oxygen atoms in total. The molecular weight excluding hydrogens is 458 g/mol.